The van der Waals surface area contributed by atoms with Crippen LogP contribution in [0.15, 0.2) is 48.8 Å². The minimum Gasteiger partial charge on any atom is -0.345 e. The Balaban J connectivity index is 1.67. The molecule has 3 rings (SSSR count). The van der Waals surface area contributed by atoms with Gasteiger partial charge in [-0.25, -0.2) is 0 Å². The van der Waals surface area contributed by atoms with Crippen molar-refractivity contribution in [3.63, 3.8) is 0 Å². The fourth-order valence-electron chi connectivity index (χ4n) is 3.42. The van der Waals surface area contributed by atoms with Gasteiger partial charge in [0, 0.05) is 38.3 Å². The second kappa shape index (κ2) is 9.31. The first-order chi connectivity index (χ1) is 13.1. The molecule has 0 saturated carbocycles. The fraction of sp³-hybridized carbons (Fsp3) is 0.409. The van der Waals surface area contributed by atoms with Crippen LogP contribution in [0, 0.1) is 6.92 Å². The van der Waals surface area contributed by atoms with E-state index in [9.17, 15) is 9.59 Å². The Morgan fingerprint density at radius 1 is 1.07 bits per heavy atom. The van der Waals surface area contributed by atoms with Crippen molar-refractivity contribution in [2.75, 3.05) is 13.1 Å². The van der Waals surface area contributed by atoms with Crippen molar-refractivity contribution in [1.82, 2.24) is 15.2 Å². The second-order valence-electron chi connectivity index (χ2n) is 7.13. The Morgan fingerprint density at radius 3 is 2.52 bits per heavy atom. The normalized spacial score (nSPS) is 15.9. The lowest BCUT2D eigenvalue weighted by molar-refractivity contribution is -0.131. The van der Waals surface area contributed by atoms with E-state index in [1.165, 1.54) is 5.56 Å². The van der Waals surface area contributed by atoms with Crippen molar-refractivity contribution < 1.29 is 9.59 Å². The number of nitrogens with zero attached hydrogens (tertiary/aromatic N) is 2. The van der Waals surface area contributed by atoms with E-state index in [-0.39, 0.29) is 17.9 Å². The lowest BCUT2D eigenvalue weighted by atomic mass is 9.98. The number of carbonyl (C=O) groups is 2. The predicted octanol–water partition coefficient (Wildman–Crippen LogP) is 3.39. The number of aryl methyl sites for hydroxylation is 1. The molecule has 0 radical (unpaired) electrons. The SMILES string of the molecule is Cc1ccc([C@@H](NC(=O)CCN2CCCCCC2=O)c2ccncc2)cc1. The van der Waals surface area contributed by atoms with Crippen LogP contribution in [0.25, 0.3) is 0 Å². The summed E-state index contributed by atoms with van der Waals surface area (Å²) in [7, 11) is 0. The van der Waals surface area contributed by atoms with Crippen molar-refractivity contribution in [2.45, 2.75) is 45.1 Å². The Morgan fingerprint density at radius 2 is 1.78 bits per heavy atom. The van der Waals surface area contributed by atoms with Crippen LogP contribution in [0.2, 0.25) is 0 Å². The van der Waals surface area contributed by atoms with E-state index in [1.807, 2.05) is 48.2 Å². The molecule has 0 bridgehead atoms. The van der Waals surface area contributed by atoms with Crippen LogP contribution in [-0.4, -0.2) is 34.8 Å². The zero-order valence-electron chi connectivity index (χ0n) is 15.9. The zero-order chi connectivity index (χ0) is 19.1. The third-order valence-corrected chi connectivity index (χ3v) is 5.04. The Labute approximate surface area is 160 Å². The van der Waals surface area contributed by atoms with Gasteiger partial charge in [-0.2, -0.15) is 0 Å². The third kappa shape index (κ3) is 5.39. The van der Waals surface area contributed by atoms with Crippen molar-refractivity contribution >= 4 is 11.8 Å². The molecule has 5 heteroatoms. The van der Waals surface area contributed by atoms with E-state index in [0.29, 0.717) is 19.4 Å². The lowest BCUT2D eigenvalue weighted by Gasteiger charge is -2.23. The zero-order valence-corrected chi connectivity index (χ0v) is 15.9. The van der Waals surface area contributed by atoms with Gasteiger partial charge in [0.15, 0.2) is 0 Å². The summed E-state index contributed by atoms with van der Waals surface area (Å²) in [6.45, 7) is 3.29. The van der Waals surface area contributed by atoms with Gasteiger partial charge in [0.05, 0.1) is 6.04 Å². The molecule has 0 spiro atoms. The first-order valence-electron chi connectivity index (χ1n) is 9.67. The Bertz CT molecular complexity index is 759. The van der Waals surface area contributed by atoms with Gasteiger partial charge in [-0.3, -0.25) is 14.6 Å². The van der Waals surface area contributed by atoms with Crippen LogP contribution in [0.5, 0.6) is 0 Å². The van der Waals surface area contributed by atoms with E-state index in [0.717, 1.165) is 36.9 Å². The molecule has 1 fully saturated rings. The molecule has 2 aromatic rings. The van der Waals surface area contributed by atoms with E-state index in [1.54, 1.807) is 12.4 Å². The minimum absolute atomic E-state index is 0.0468. The molecule has 1 aromatic heterocycles. The lowest BCUT2D eigenvalue weighted by Crippen LogP contribution is -2.36. The first kappa shape index (κ1) is 19.1. The summed E-state index contributed by atoms with van der Waals surface area (Å²) in [5.41, 5.74) is 3.21. The number of pyridine rings is 1. The number of hydrogen-bond acceptors (Lipinski definition) is 3. The van der Waals surface area contributed by atoms with Gasteiger partial charge in [-0.1, -0.05) is 36.2 Å². The number of likely N-dealkylation sites (tertiary alicyclic amines) is 1. The van der Waals surface area contributed by atoms with Crippen LogP contribution in [-0.2, 0) is 9.59 Å². The van der Waals surface area contributed by atoms with Crippen LogP contribution >= 0.6 is 0 Å². The molecule has 142 valence electrons. The number of rotatable bonds is 6. The molecule has 0 aliphatic carbocycles. The highest BCUT2D eigenvalue weighted by Crippen LogP contribution is 2.22. The summed E-state index contributed by atoms with van der Waals surface area (Å²) in [4.78, 5) is 30.7. The van der Waals surface area contributed by atoms with Crippen LogP contribution in [0.4, 0.5) is 0 Å². The molecule has 1 saturated heterocycles. The Hall–Kier alpha value is -2.69. The van der Waals surface area contributed by atoms with Gasteiger partial charge in [-0.15, -0.1) is 0 Å². The molecule has 1 aliphatic heterocycles. The molecule has 27 heavy (non-hydrogen) atoms. The van der Waals surface area contributed by atoms with E-state index in [2.05, 4.69) is 10.3 Å². The highest BCUT2D eigenvalue weighted by atomic mass is 16.2. The second-order valence-corrected chi connectivity index (χ2v) is 7.13. The molecule has 0 unspecified atom stereocenters. The van der Waals surface area contributed by atoms with Crippen molar-refractivity contribution in [2.24, 2.45) is 0 Å². The molecule has 1 N–H and O–H groups in total. The number of carbonyl (C=O) groups excluding carboxylic acids is 2. The maximum atomic E-state index is 12.6. The largest absolute Gasteiger partial charge is 0.345 e. The van der Waals surface area contributed by atoms with Gasteiger partial charge in [0.25, 0.3) is 0 Å². The molecule has 5 nitrogen and oxygen atoms in total. The summed E-state index contributed by atoms with van der Waals surface area (Å²) in [5, 5.41) is 3.13. The number of aromatic nitrogens is 1. The van der Waals surface area contributed by atoms with Crippen molar-refractivity contribution in [3.8, 4) is 0 Å². The monoisotopic (exact) mass is 365 g/mol. The summed E-state index contributed by atoms with van der Waals surface area (Å²) in [5.74, 6) is 0.124. The van der Waals surface area contributed by atoms with Gasteiger partial charge in [0.2, 0.25) is 11.8 Å². The molecule has 1 aliphatic rings. The highest BCUT2D eigenvalue weighted by molar-refractivity contribution is 5.79. The number of hydrogen-bond donors (Lipinski definition) is 1. The molecule has 2 amide bonds. The number of amides is 2. The molecule has 1 aromatic carbocycles. The maximum absolute atomic E-state index is 12.6. The molecule has 2 heterocycles. The topological polar surface area (TPSA) is 62.3 Å². The van der Waals surface area contributed by atoms with Gasteiger partial charge in [0.1, 0.15) is 0 Å². The average Bonchev–Trinajstić information content (AvgIpc) is 2.90. The van der Waals surface area contributed by atoms with E-state index < -0.39 is 0 Å². The summed E-state index contributed by atoms with van der Waals surface area (Å²) >= 11 is 0. The van der Waals surface area contributed by atoms with Gasteiger partial charge in [-0.05, 0) is 43.0 Å². The smallest absolute Gasteiger partial charge is 0.222 e. The standard InChI is InChI=1S/C22H27N3O2/c1-17-6-8-18(9-7-17)22(19-10-13-23-14-11-19)24-20(26)12-16-25-15-4-2-3-5-21(25)27/h6-11,13-14,22H,2-5,12,15-16H2,1H3,(H,24,26)/t22-/m1/s1. The van der Waals surface area contributed by atoms with Crippen molar-refractivity contribution in [1.29, 1.82) is 0 Å². The van der Waals surface area contributed by atoms with Crippen LogP contribution in [0.1, 0.15) is 54.8 Å². The number of nitrogens with one attached hydrogen (secondary N) is 1. The predicted molar refractivity (Wildman–Crippen MR) is 105 cm³/mol. The summed E-state index contributed by atoms with van der Waals surface area (Å²) < 4.78 is 0. The van der Waals surface area contributed by atoms with Gasteiger partial charge < -0.3 is 10.2 Å². The van der Waals surface area contributed by atoms with Crippen LogP contribution in [0.3, 0.4) is 0 Å². The van der Waals surface area contributed by atoms with Crippen molar-refractivity contribution in [3.05, 3.63) is 65.5 Å². The summed E-state index contributed by atoms with van der Waals surface area (Å²) in [6, 6.07) is 11.8. The van der Waals surface area contributed by atoms with Gasteiger partial charge >= 0.3 is 0 Å². The quantitative estimate of drug-likeness (QED) is 0.853. The minimum atomic E-state index is -0.221. The van der Waals surface area contributed by atoms with E-state index >= 15 is 0 Å². The third-order valence-electron chi connectivity index (χ3n) is 5.04. The summed E-state index contributed by atoms with van der Waals surface area (Å²) in [6.07, 6.45) is 7.46. The Kier molecular flexibility index (Phi) is 6.58. The molecule has 1 atom stereocenters. The molecular formula is C22H27N3O2. The molecular weight excluding hydrogens is 338 g/mol. The fourth-order valence-corrected chi connectivity index (χ4v) is 3.42. The first-order valence-corrected chi connectivity index (χ1v) is 9.67. The average molecular weight is 365 g/mol. The van der Waals surface area contributed by atoms with Crippen LogP contribution < -0.4 is 5.32 Å². The van der Waals surface area contributed by atoms with E-state index in [4.69, 9.17) is 0 Å². The number of benzene rings is 1. The maximum Gasteiger partial charge on any atom is 0.222 e. The highest BCUT2D eigenvalue weighted by Gasteiger charge is 2.20.